The predicted molar refractivity (Wildman–Crippen MR) is 38.9 cm³/mol. The zero-order valence-electron chi connectivity index (χ0n) is 6.64. The van der Waals surface area contributed by atoms with Crippen LogP contribution in [0.2, 0.25) is 0 Å². The van der Waals surface area contributed by atoms with Crippen LogP contribution in [-0.2, 0) is 9.53 Å². The Labute approximate surface area is 61.6 Å². The Morgan fingerprint density at radius 3 is 2.50 bits per heavy atom. The summed E-state index contributed by atoms with van der Waals surface area (Å²) in [6.45, 7) is 4.23. The van der Waals surface area contributed by atoms with Crippen LogP contribution in [0.5, 0.6) is 0 Å². The highest BCUT2D eigenvalue weighted by atomic mass is 16.5. The summed E-state index contributed by atoms with van der Waals surface area (Å²) < 4.78 is 5.38. The van der Waals surface area contributed by atoms with Gasteiger partial charge in [-0.1, -0.05) is 0 Å². The summed E-state index contributed by atoms with van der Waals surface area (Å²) >= 11 is 0. The Bertz CT molecular complexity index is 134. The predicted octanol–water partition coefficient (Wildman–Crippen LogP) is 1.53. The van der Waals surface area contributed by atoms with Crippen molar-refractivity contribution in [3.63, 3.8) is 0 Å². The highest BCUT2D eigenvalue weighted by Gasteiger charge is 2.32. The molecular weight excluding hydrogens is 128 g/mol. The summed E-state index contributed by atoms with van der Waals surface area (Å²) in [4.78, 5) is 11.0. The summed E-state index contributed by atoms with van der Waals surface area (Å²) in [5.74, 6) is 0.159. The van der Waals surface area contributed by atoms with Gasteiger partial charge in [-0.3, -0.25) is 4.79 Å². The van der Waals surface area contributed by atoms with E-state index in [4.69, 9.17) is 4.74 Å². The van der Waals surface area contributed by atoms with Crippen molar-refractivity contribution in [1.29, 1.82) is 0 Å². The summed E-state index contributed by atoms with van der Waals surface area (Å²) in [6, 6.07) is 0. The lowest BCUT2D eigenvalue weighted by Gasteiger charge is -2.31. The molecule has 0 saturated carbocycles. The van der Waals surface area contributed by atoms with Gasteiger partial charge in [-0.05, 0) is 33.1 Å². The first kappa shape index (κ1) is 7.73. The van der Waals surface area contributed by atoms with Gasteiger partial charge in [0.05, 0.1) is 0 Å². The quantitative estimate of drug-likeness (QED) is 0.555. The van der Waals surface area contributed by atoms with E-state index in [1.54, 1.807) is 6.92 Å². The average molecular weight is 142 g/mol. The van der Waals surface area contributed by atoms with E-state index in [9.17, 15) is 4.79 Å². The minimum atomic E-state index is -0.460. The molecule has 0 N–H and O–H groups in total. The summed E-state index contributed by atoms with van der Waals surface area (Å²) in [7, 11) is 0. The van der Waals surface area contributed by atoms with Crippen molar-refractivity contribution in [2.45, 2.75) is 38.7 Å². The molecule has 2 nitrogen and oxygen atoms in total. The van der Waals surface area contributed by atoms with E-state index in [-0.39, 0.29) is 5.78 Å². The third kappa shape index (κ3) is 1.37. The van der Waals surface area contributed by atoms with Gasteiger partial charge in [0.15, 0.2) is 5.78 Å². The first-order valence-corrected chi connectivity index (χ1v) is 3.80. The molecule has 1 fully saturated rings. The number of hydrogen-bond donors (Lipinski definition) is 0. The number of Topliss-reactive ketones (excluding diaryl/α,β-unsaturated/α-hetero) is 1. The molecule has 10 heavy (non-hydrogen) atoms. The summed E-state index contributed by atoms with van der Waals surface area (Å²) in [5.41, 5.74) is -0.460. The van der Waals surface area contributed by atoms with Crippen LogP contribution < -0.4 is 0 Å². The molecule has 0 aliphatic carbocycles. The van der Waals surface area contributed by atoms with Gasteiger partial charge in [-0.15, -0.1) is 0 Å². The molecule has 0 bridgehead atoms. The molecule has 0 aromatic carbocycles. The fourth-order valence-corrected chi connectivity index (χ4v) is 1.21. The Hall–Kier alpha value is -0.370. The van der Waals surface area contributed by atoms with Crippen LogP contribution in [-0.4, -0.2) is 18.0 Å². The van der Waals surface area contributed by atoms with Crippen molar-refractivity contribution in [1.82, 2.24) is 0 Å². The fraction of sp³-hybridized carbons (Fsp3) is 0.875. The molecular formula is C8H14O2. The number of rotatable bonds is 1. The molecule has 0 amide bonds. The van der Waals surface area contributed by atoms with Gasteiger partial charge in [0, 0.05) is 6.61 Å². The fourth-order valence-electron chi connectivity index (χ4n) is 1.21. The third-order valence-corrected chi connectivity index (χ3v) is 2.21. The van der Waals surface area contributed by atoms with Crippen molar-refractivity contribution < 1.29 is 9.53 Å². The molecule has 2 heteroatoms. The molecule has 1 aliphatic heterocycles. The topological polar surface area (TPSA) is 26.3 Å². The standard InChI is InChI=1S/C8H14O2/c1-7(9)8(2)5-3-4-6-10-8/h3-6H2,1-2H3. The van der Waals surface area contributed by atoms with Crippen molar-refractivity contribution in [3.8, 4) is 0 Å². The Kier molecular flexibility index (Phi) is 2.09. The highest BCUT2D eigenvalue weighted by molar-refractivity contribution is 5.84. The molecule has 1 unspecified atom stereocenters. The molecule has 1 rings (SSSR count). The first-order valence-electron chi connectivity index (χ1n) is 3.80. The largest absolute Gasteiger partial charge is 0.368 e. The second kappa shape index (κ2) is 2.70. The molecule has 1 saturated heterocycles. The maximum atomic E-state index is 11.0. The smallest absolute Gasteiger partial charge is 0.161 e. The third-order valence-electron chi connectivity index (χ3n) is 2.21. The van der Waals surface area contributed by atoms with E-state index in [1.807, 2.05) is 6.92 Å². The summed E-state index contributed by atoms with van der Waals surface area (Å²) in [5, 5.41) is 0. The lowest BCUT2D eigenvalue weighted by Crippen LogP contribution is -2.39. The number of carbonyl (C=O) groups is 1. The second-order valence-corrected chi connectivity index (χ2v) is 3.09. The molecule has 0 radical (unpaired) electrons. The average Bonchev–Trinajstić information content (AvgIpc) is 1.89. The van der Waals surface area contributed by atoms with Crippen molar-refractivity contribution >= 4 is 5.78 Å². The van der Waals surface area contributed by atoms with Crippen LogP contribution in [0.1, 0.15) is 33.1 Å². The minimum absolute atomic E-state index is 0.159. The van der Waals surface area contributed by atoms with Gasteiger partial charge >= 0.3 is 0 Å². The monoisotopic (exact) mass is 142 g/mol. The second-order valence-electron chi connectivity index (χ2n) is 3.09. The number of carbonyl (C=O) groups excluding carboxylic acids is 1. The molecule has 58 valence electrons. The van der Waals surface area contributed by atoms with E-state index in [0.717, 1.165) is 25.9 Å². The minimum Gasteiger partial charge on any atom is -0.368 e. The van der Waals surface area contributed by atoms with Gasteiger partial charge in [0.25, 0.3) is 0 Å². The number of ketones is 1. The normalized spacial score (nSPS) is 33.8. The Balaban J connectivity index is 2.56. The number of ether oxygens (including phenoxy) is 1. The highest BCUT2D eigenvalue weighted by Crippen LogP contribution is 2.24. The van der Waals surface area contributed by atoms with Crippen LogP contribution in [0.25, 0.3) is 0 Å². The van der Waals surface area contributed by atoms with E-state index in [2.05, 4.69) is 0 Å². The van der Waals surface area contributed by atoms with E-state index >= 15 is 0 Å². The van der Waals surface area contributed by atoms with Crippen LogP contribution in [0.4, 0.5) is 0 Å². The summed E-state index contributed by atoms with van der Waals surface area (Å²) in [6.07, 6.45) is 3.11. The molecule has 0 spiro atoms. The lowest BCUT2D eigenvalue weighted by molar-refractivity contribution is -0.145. The maximum Gasteiger partial charge on any atom is 0.161 e. The van der Waals surface area contributed by atoms with Crippen molar-refractivity contribution in [2.75, 3.05) is 6.61 Å². The van der Waals surface area contributed by atoms with E-state index in [1.165, 1.54) is 0 Å². The zero-order chi connectivity index (χ0) is 7.61. The molecule has 1 aliphatic rings. The van der Waals surface area contributed by atoms with Gasteiger partial charge < -0.3 is 4.74 Å². The van der Waals surface area contributed by atoms with Gasteiger partial charge in [0.1, 0.15) is 5.60 Å². The van der Waals surface area contributed by atoms with Crippen LogP contribution in [0.3, 0.4) is 0 Å². The van der Waals surface area contributed by atoms with Crippen LogP contribution in [0, 0.1) is 0 Å². The van der Waals surface area contributed by atoms with E-state index < -0.39 is 5.60 Å². The zero-order valence-corrected chi connectivity index (χ0v) is 6.64. The van der Waals surface area contributed by atoms with Crippen molar-refractivity contribution in [2.24, 2.45) is 0 Å². The maximum absolute atomic E-state index is 11.0. The molecule has 0 aromatic rings. The number of hydrogen-bond acceptors (Lipinski definition) is 2. The van der Waals surface area contributed by atoms with Crippen LogP contribution in [0.15, 0.2) is 0 Å². The molecule has 1 atom stereocenters. The van der Waals surface area contributed by atoms with Gasteiger partial charge in [0.2, 0.25) is 0 Å². The molecule has 0 aromatic heterocycles. The SMILES string of the molecule is CC(=O)C1(C)CCCCO1. The first-order chi connectivity index (χ1) is 4.65. The van der Waals surface area contributed by atoms with Gasteiger partial charge in [-0.25, -0.2) is 0 Å². The molecule has 1 heterocycles. The van der Waals surface area contributed by atoms with Crippen LogP contribution >= 0.6 is 0 Å². The van der Waals surface area contributed by atoms with E-state index in [0.29, 0.717) is 0 Å². The lowest BCUT2D eigenvalue weighted by atomic mass is 9.92. The van der Waals surface area contributed by atoms with Gasteiger partial charge in [-0.2, -0.15) is 0 Å². The van der Waals surface area contributed by atoms with Crippen molar-refractivity contribution in [3.05, 3.63) is 0 Å². The Morgan fingerprint density at radius 1 is 1.50 bits per heavy atom. The Morgan fingerprint density at radius 2 is 2.20 bits per heavy atom.